The molecule has 17 heavy (non-hydrogen) atoms. The van der Waals surface area contributed by atoms with Crippen molar-refractivity contribution in [3.63, 3.8) is 0 Å². The Morgan fingerprint density at radius 2 is 1.94 bits per heavy atom. The Hall–Kier alpha value is -0.480. The summed E-state index contributed by atoms with van der Waals surface area (Å²) in [6.07, 6.45) is 8.05. The SMILES string of the molecule is CC#CCC1CC(C)(C)CCC1CNC1CC1. The van der Waals surface area contributed by atoms with Crippen LogP contribution in [0.15, 0.2) is 0 Å². The van der Waals surface area contributed by atoms with Crippen LogP contribution >= 0.6 is 0 Å². The lowest BCUT2D eigenvalue weighted by Crippen LogP contribution is -2.36. The van der Waals surface area contributed by atoms with Crippen molar-refractivity contribution in [1.82, 2.24) is 5.32 Å². The highest BCUT2D eigenvalue weighted by Crippen LogP contribution is 2.43. The topological polar surface area (TPSA) is 12.0 Å². The molecule has 1 N–H and O–H groups in total. The third-order valence-corrected chi connectivity index (χ3v) is 4.46. The Bertz CT molecular complexity index is 301. The summed E-state index contributed by atoms with van der Waals surface area (Å²) in [4.78, 5) is 0. The number of hydrogen-bond donors (Lipinski definition) is 1. The first-order valence-corrected chi connectivity index (χ1v) is 7.24. The molecule has 0 aromatic rings. The fourth-order valence-electron chi connectivity index (χ4n) is 3.14. The van der Waals surface area contributed by atoms with Crippen molar-refractivity contribution in [3.05, 3.63) is 0 Å². The van der Waals surface area contributed by atoms with E-state index in [9.17, 15) is 0 Å². The average Bonchev–Trinajstić information content (AvgIpc) is 3.08. The van der Waals surface area contributed by atoms with Gasteiger partial charge in [0.25, 0.3) is 0 Å². The molecule has 2 aliphatic carbocycles. The molecule has 1 nitrogen and oxygen atoms in total. The summed E-state index contributed by atoms with van der Waals surface area (Å²) in [5.74, 6) is 8.06. The lowest BCUT2D eigenvalue weighted by atomic mass is 9.66. The summed E-state index contributed by atoms with van der Waals surface area (Å²) >= 11 is 0. The van der Waals surface area contributed by atoms with Gasteiger partial charge in [0.2, 0.25) is 0 Å². The van der Waals surface area contributed by atoms with Crippen LogP contribution in [-0.2, 0) is 0 Å². The van der Waals surface area contributed by atoms with Crippen molar-refractivity contribution in [3.8, 4) is 11.8 Å². The molecule has 0 radical (unpaired) electrons. The first-order chi connectivity index (χ1) is 8.11. The van der Waals surface area contributed by atoms with Crippen LogP contribution in [0, 0.1) is 29.1 Å². The van der Waals surface area contributed by atoms with Crippen molar-refractivity contribution in [2.45, 2.75) is 65.3 Å². The van der Waals surface area contributed by atoms with Gasteiger partial charge in [0.1, 0.15) is 0 Å². The second-order valence-corrected chi connectivity index (χ2v) is 6.74. The summed E-state index contributed by atoms with van der Waals surface area (Å²) in [6.45, 7) is 8.04. The van der Waals surface area contributed by atoms with E-state index in [-0.39, 0.29) is 0 Å². The molecule has 1 heteroatoms. The summed E-state index contributed by atoms with van der Waals surface area (Å²) in [5, 5.41) is 3.71. The molecule has 0 heterocycles. The third kappa shape index (κ3) is 4.03. The zero-order valence-electron chi connectivity index (χ0n) is 11.7. The molecular weight excluding hydrogens is 206 g/mol. The van der Waals surface area contributed by atoms with Gasteiger partial charge in [0.15, 0.2) is 0 Å². The highest BCUT2D eigenvalue weighted by Gasteiger charge is 2.35. The minimum Gasteiger partial charge on any atom is -0.314 e. The van der Waals surface area contributed by atoms with E-state index in [1.54, 1.807) is 0 Å². The van der Waals surface area contributed by atoms with E-state index < -0.39 is 0 Å². The maximum absolute atomic E-state index is 3.71. The van der Waals surface area contributed by atoms with E-state index in [1.165, 1.54) is 38.6 Å². The lowest BCUT2D eigenvalue weighted by molar-refractivity contribution is 0.119. The summed E-state index contributed by atoms with van der Waals surface area (Å²) in [7, 11) is 0. The average molecular weight is 233 g/mol. The Labute approximate surface area is 107 Å². The van der Waals surface area contributed by atoms with Gasteiger partial charge in [-0.2, -0.15) is 0 Å². The van der Waals surface area contributed by atoms with Crippen molar-refractivity contribution < 1.29 is 0 Å². The predicted molar refractivity (Wildman–Crippen MR) is 73.7 cm³/mol. The lowest BCUT2D eigenvalue weighted by Gasteiger charge is -2.40. The minimum atomic E-state index is 0.538. The van der Waals surface area contributed by atoms with Gasteiger partial charge >= 0.3 is 0 Å². The Morgan fingerprint density at radius 1 is 1.18 bits per heavy atom. The second kappa shape index (κ2) is 5.44. The van der Waals surface area contributed by atoms with Gasteiger partial charge < -0.3 is 5.32 Å². The molecule has 96 valence electrons. The summed E-state index contributed by atoms with van der Waals surface area (Å²) < 4.78 is 0. The molecule has 2 saturated carbocycles. The highest BCUT2D eigenvalue weighted by atomic mass is 14.9. The van der Waals surface area contributed by atoms with E-state index in [1.807, 2.05) is 6.92 Å². The molecule has 2 atom stereocenters. The van der Waals surface area contributed by atoms with Gasteiger partial charge in [0, 0.05) is 12.5 Å². The quantitative estimate of drug-likeness (QED) is 0.732. The molecule has 2 rings (SSSR count). The van der Waals surface area contributed by atoms with Gasteiger partial charge in [0.05, 0.1) is 0 Å². The molecular formula is C16H27N. The number of hydrogen-bond acceptors (Lipinski definition) is 1. The van der Waals surface area contributed by atoms with Crippen LogP contribution in [0.4, 0.5) is 0 Å². The molecule has 2 aliphatic rings. The zero-order chi connectivity index (χ0) is 12.3. The molecule has 0 saturated heterocycles. The predicted octanol–water partition coefficient (Wildman–Crippen LogP) is 3.59. The fraction of sp³-hybridized carbons (Fsp3) is 0.875. The van der Waals surface area contributed by atoms with Crippen LogP contribution in [-0.4, -0.2) is 12.6 Å². The van der Waals surface area contributed by atoms with Gasteiger partial charge in [-0.1, -0.05) is 13.8 Å². The van der Waals surface area contributed by atoms with Gasteiger partial charge in [-0.05, 0) is 62.8 Å². The fourth-order valence-corrected chi connectivity index (χ4v) is 3.14. The van der Waals surface area contributed by atoms with Crippen molar-refractivity contribution in [2.75, 3.05) is 6.54 Å². The molecule has 2 fully saturated rings. The van der Waals surface area contributed by atoms with Crippen LogP contribution in [0.2, 0.25) is 0 Å². The molecule has 0 aromatic carbocycles. The standard InChI is InChI=1S/C16H27N/c1-4-5-6-13-11-16(2,3)10-9-14(13)12-17-15-7-8-15/h13-15,17H,6-12H2,1-3H3. The maximum Gasteiger partial charge on any atom is 0.0120 e. The van der Waals surface area contributed by atoms with Gasteiger partial charge in [-0.25, -0.2) is 0 Å². The third-order valence-electron chi connectivity index (χ3n) is 4.46. The largest absolute Gasteiger partial charge is 0.314 e. The van der Waals surface area contributed by atoms with Crippen LogP contribution in [0.25, 0.3) is 0 Å². The van der Waals surface area contributed by atoms with Gasteiger partial charge in [-0.3, -0.25) is 0 Å². The van der Waals surface area contributed by atoms with E-state index in [0.717, 1.165) is 24.3 Å². The van der Waals surface area contributed by atoms with E-state index in [4.69, 9.17) is 0 Å². The smallest absolute Gasteiger partial charge is 0.0120 e. The highest BCUT2D eigenvalue weighted by molar-refractivity contribution is 5.00. The summed E-state index contributed by atoms with van der Waals surface area (Å²) in [5.41, 5.74) is 0.538. The van der Waals surface area contributed by atoms with E-state index in [2.05, 4.69) is 31.0 Å². The normalized spacial score (nSPS) is 31.7. The van der Waals surface area contributed by atoms with Crippen LogP contribution < -0.4 is 5.32 Å². The number of nitrogens with one attached hydrogen (secondary N) is 1. The monoisotopic (exact) mass is 233 g/mol. The minimum absolute atomic E-state index is 0.538. The second-order valence-electron chi connectivity index (χ2n) is 6.74. The Balaban J connectivity index is 1.88. The van der Waals surface area contributed by atoms with Crippen LogP contribution in [0.5, 0.6) is 0 Å². The first kappa shape index (κ1) is 13.0. The Morgan fingerprint density at radius 3 is 2.59 bits per heavy atom. The van der Waals surface area contributed by atoms with Crippen LogP contribution in [0.3, 0.4) is 0 Å². The van der Waals surface area contributed by atoms with Crippen molar-refractivity contribution in [1.29, 1.82) is 0 Å². The molecule has 2 unspecified atom stereocenters. The van der Waals surface area contributed by atoms with Gasteiger partial charge in [-0.15, -0.1) is 11.8 Å². The Kier molecular flexibility index (Phi) is 4.15. The molecule has 0 bridgehead atoms. The number of rotatable bonds is 4. The molecule has 0 aliphatic heterocycles. The first-order valence-electron chi connectivity index (χ1n) is 7.24. The van der Waals surface area contributed by atoms with Crippen molar-refractivity contribution >= 4 is 0 Å². The van der Waals surface area contributed by atoms with E-state index in [0.29, 0.717) is 5.41 Å². The zero-order valence-corrected chi connectivity index (χ0v) is 11.7. The van der Waals surface area contributed by atoms with Crippen molar-refractivity contribution in [2.24, 2.45) is 17.3 Å². The molecule has 0 aromatic heterocycles. The molecule has 0 spiro atoms. The molecule has 0 amide bonds. The summed E-state index contributed by atoms with van der Waals surface area (Å²) in [6, 6.07) is 0.850. The van der Waals surface area contributed by atoms with Crippen LogP contribution in [0.1, 0.15) is 59.3 Å². The maximum atomic E-state index is 3.71. The van der Waals surface area contributed by atoms with E-state index >= 15 is 0 Å².